The molecule has 0 amide bonds. The Morgan fingerprint density at radius 2 is 1.83 bits per heavy atom. The minimum atomic E-state index is -0.688. The molecule has 0 aromatic rings. The molecule has 1 aliphatic heterocycles. The quantitative estimate of drug-likeness (QED) is 0.639. The lowest BCUT2D eigenvalue weighted by Crippen LogP contribution is -2.54. The maximum absolute atomic E-state index is 10.1. The molecule has 0 aromatic carbocycles. The summed E-state index contributed by atoms with van der Waals surface area (Å²) in [6.45, 7) is 5.35. The summed E-state index contributed by atoms with van der Waals surface area (Å²) in [5, 5.41) is 10.1. The van der Waals surface area contributed by atoms with Gasteiger partial charge in [0.2, 0.25) is 0 Å². The Balaban J connectivity index is 2.56. The summed E-state index contributed by atoms with van der Waals surface area (Å²) < 4.78 is 5.18. The van der Waals surface area contributed by atoms with Gasteiger partial charge in [0.1, 0.15) is 0 Å². The number of aliphatic hydroxyl groups is 1. The van der Waals surface area contributed by atoms with Gasteiger partial charge in [-0.1, -0.05) is 13.8 Å². The average molecular weight is 173 g/mol. The van der Waals surface area contributed by atoms with Gasteiger partial charge in [-0.15, -0.1) is 0 Å². The van der Waals surface area contributed by atoms with Crippen molar-refractivity contribution in [1.29, 1.82) is 0 Å². The van der Waals surface area contributed by atoms with Gasteiger partial charge in [-0.05, 0) is 5.92 Å². The van der Waals surface area contributed by atoms with E-state index in [0.29, 0.717) is 32.0 Å². The third kappa shape index (κ3) is 1.97. The molecule has 0 radical (unpaired) electrons. The SMILES string of the molecule is CC(C)C(N)C1(O)CCOCC1. The van der Waals surface area contributed by atoms with Gasteiger partial charge in [-0.3, -0.25) is 0 Å². The zero-order valence-corrected chi connectivity index (χ0v) is 7.92. The smallest absolute Gasteiger partial charge is 0.0844 e. The Hall–Kier alpha value is -0.120. The summed E-state index contributed by atoms with van der Waals surface area (Å²) in [7, 11) is 0. The highest BCUT2D eigenvalue weighted by molar-refractivity contribution is 4.92. The van der Waals surface area contributed by atoms with Crippen molar-refractivity contribution in [2.45, 2.75) is 38.3 Å². The van der Waals surface area contributed by atoms with Crippen molar-refractivity contribution in [3.05, 3.63) is 0 Å². The lowest BCUT2D eigenvalue weighted by atomic mass is 9.81. The molecule has 0 saturated carbocycles. The molecule has 0 bridgehead atoms. The van der Waals surface area contributed by atoms with Crippen LogP contribution in [0.15, 0.2) is 0 Å². The van der Waals surface area contributed by atoms with Crippen LogP contribution in [0.3, 0.4) is 0 Å². The maximum atomic E-state index is 10.1. The van der Waals surface area contributed by atoms with Crippen molar-refractivity contribution in [2.75, 3.05) is 13.2 Å². The molecule has 1 fully saturated rings. The van der Waals surface area contributed by atoms with E-state index < -0.39 is 5.60 Å². The average Bonchev–Trinajstić information content (AvgIpc) is 2.04. The van der Waals surface area contributed by atoms with Crippen molar-refractivity contribution in [1.82, 2.24) is 0 Å². The molecule has 1 saturated heterocycles. The highest BCUT2D eigenvalue weighted by Crippen LogP contribution is 2.26. The van der Waals surface area contributed by atoms with Crippen LogP contribution in [-0.2, 0) is 4.74 Å². The molecule has 3 N–H and O–H groups in total. The Morgan fingerprint density at radius 1 is 1.33 bits per heavy atom. The third-order valence-corrected chi connectivity index (χ3v) is 2.70. The van der Waals surface area contributed by atoms with E-state index >= 15 is 0 Å². The van der Waals surface area contributed by atoms with Gasteiger partial charge in [0, 0.05) is 32.1 Å². The van der Waals surface area contributed by atoms with Gasteiger partial charge in [-0.2, -0.15) is 0 Å². The highest BCUT2D eigenvalue weighted by atomic mass is 16.5. The minimum absolute atomic E-state index is 0.124. The van der Waals surface area contributed by atoms with Gasteiger partial charge in [0.05, 0.1) is 5.60 Å². The van der Waals surface area contributed by atoms with Crippen LogP contribution in [0.1, 0.15) is 26.7 Å². The molecule has 1 aliphatic rings. The van der Waals surface area contributed by atoms with Gasteiger partial charge in [0.15, 0.2) is 0 Å². The summed E-state index contributed by atoms with van der Waals surface area (Å²) in [5.74, 6) is 0.327. The molecular formula is C9H19NO2. The van der Waals surface area contributed by atoms with Crippen LogP contribution in [0.2, 0.25) is 0 Å². The molecule has 12 heavy (non-hydrogen) atoms. The van der Waals surface area contributed by atoms with E-state index in [1.54, 1.807) is 0 Å². The number of hydrogen-bond donors (Lipinski definition) is 2. The van der Waals surface area contributed by atoms with E-state index in [1.165, 1.54) is 0 Å². The summed E-state index contributed by atoms with van der Waals surface area (Å²) in [6, 6.07) is -0.124. The fourth-order valence-electron chi connectivity index (χ4n) is 1.68. The Morgan fingerprint density at radius 3 is 2.25 bits per heavy atom. The Bertz CT molecular complexity index is 141. The van der Waals surface area contributed by atoms with Crippen LogP contribution >= 0.6 is 0 Å². The molecule has 72 valence electrons. The molecule has 3 nitrogen and oxygen atoms in total. The van der Waals surface area contributed by atoms with Crippen LogP contribution < -0.4 is 5.73 Å². The minimum Gasteiger partial charge on any atom is -0.388 e. The van der Waals surface area contributed by atoms with Crippen molar-refractivity contribution >= 4 is 0 Å². The third-order valence-electron chi connectivity index (χ3n) is 2.70. The molecule has 1 unspecified atom stereocenters. The zero-order valence-electron chi connectivity index (χ0n) is 7.92. The topological polar surface area (TPSA) is 55.5 Å². The van der Waals surface area contributed by atoms with Crippen LogP contribution in [-0.4, -0.2) is 30.0 Å². The number of nitrogens with two attached hydrogens (primary N) is 1. The van der Waals surface area contributed by atoms with Crippen molar-refractivity contribution in [3.63, 3.8) is 0 Å². The second-order valence-electron chi connectivity index (χ2n) is 3.99. The second kappa shape index (κ2) is 3.73. The monoisotopic (exact) mass is 173 g/mol. The van der Waals surface area contributed by atoms with Crippen LogP contribution in [0, 0.1) is 5.92 Å². The van der Waals surface area contributed by atoms with Gasteiger partial charge in [0.25, 0.3) is 0 Å². The van der Waals surface area contributed by atoms with Gasteiger partial charge in [-0.25, -0.2) is 0 Å². The molecule has 1 atom stereocenters. The first-order valence-electron chi connectivity index (χ1n) is 4.62. The van der Waals surface area contributed by atoms with E-state index in [1.807, 2.05) is 13.8 Å². The van der Waals surface area contributed by atoms with E-state index in [9.17, 15) is 5.11 Å². The lowest BCUT2D eigenvalue weighted by molar-refractivity contribution is -0.0857. The Labute approximate surface area is 73.9 Å². The maximum Gasteiger partial charge on any atom is 0.0844 e. The second-order valence-corrected chi connectivity index (χ2v) is 3.99. The van der Waals surface area contributed by atoms with E-state index in [2.05, 4.69) is 0 Å². The van der Waals surface area contributed by atoms with Crippen LogP contribution in [0.25, 0.3) is 0 Å². The molecule has 0 spiro atoms. The fourth-order valence-corrected chi connectivity index (χ4v) is 1.68. The molecule has 1 rings (SSSR count). The summed E-state index contributed by atoms with van der Waals surface area (Å²) >= 11 is 0. The van der Waals surface area contributed by atoms with E-state index in [4.69, 9.17) is 10.5 Å². The van der Waals surface area contributed by atoms with Crippen molar-refractivity contribution in [2.24, 2.45) is 11.7 Å². The van der Waals surface area contributed by atoms with Crippen LogP contribution in [0.5, 0.6) is 0 Å². The predicted octanol–water partition coefficient (Wildman–Crippen LogP) is 0.511. The van der Waals surface area contributed by atoms with Crippen molar-refractivity contribution < 1.29 is 9.84 Å². The first-order valence-corrected chi connectivity index (χ1v) is 4.62. The van der Waals surface area contributed by atoms with Gasteiger partial charge < -0.3 is 15.6 Å². The highest BCUT2D eigenvalue weighted by Gasteiger charge is 2.37. The van der Waals surface area contributed by atoms with Crippen molar-refractivity contribution in [3.8, 4) is 0 Å². The Kier molecular flexibility index (Phi) is 3.09. The fraction of sp³-hybridized carbons (Fsp3) is 1.00. The first kappa shape index (κ1) is 9.96. The summed E-state index contributed by atoms with van der Waals surface area (Å²) in [4.78, 5) is 0. The summed E-state index contributed by atoms with van der Waals surface area (Å²) in [6.07, 6.45) is 1.35. The number of rotatable bonds is 2. The molecule has 0 aromatic heterocycles. The van der Waals surface area contributed by atoms with E-state index in [-0.39, 0.29) is 6.04 Å². The lowest BCUT2D eigenvalue weighted by Gasteiger charge is -2.38. The molecule has 3 heteroatoms. The largest absolute Gasteiger partial charge is 0.388 e. The van der Waals surface area contributed by atoms with Gasteiger partial charge >= 0.3 is 0 Å². The van der Waals surface area contributed by atoms with Crippen LogP contribution in [0.4, 0.5) is 0 Å². The zero-order chi connectivity index (χ0) is 9.19. The first-order chi connectivity index (χ1) is 5.56. The number of ether oxygens (including phenoxy) is 1. The molecular weight excluding hydrogens is 154 g/mol. The standard InChI is InChI=1S/C9H19NO2/c1-7(2)8(10)9(11)3-5-12-6-4-9/h7-8,11H,3-6,10H2,1-2H3. The molecule has 0 aliphatic carbocycles. The number of hydrogen-bond acceptors (Lipinski definition) is 3. The summed E-state index contributed by atoms with van der Waals surface area (Å²) in [5.41, 5.74) is 5.23. The normalized spacial score (nSPS) is 25.8. The van der Waals surface area contributed by atoms with E-state index in [0.717, 1.165) is 0 Å². The molecule has 1 heterocycles. The predicted molar refractivity (Wildman–Crippen MR) is 47.8 cm³/mol.